The summed E-state index contributed by atoms with van der Waals surface area (Å²) in [6.07, 6.45) is 42.0. The highest BCUT2D eigenvalue weighted by Crippen LogP contribution is 2.43. The molecule has 0 heterocycles. The van der Waals surface area contributed by atoms with Gasteiger partial charge in [-0.1, -0.05) is 120 Å². The Kier molecular flexibility index (Phi) is 36.4. The number of nitrogens with zero attached hydrogens (tertiary/aromatic N) is 1. The number of allylic oxidation sites excluding steroid dienone is 10. The molecule has 0 rings (SSSR count). The molecular formula is C46H83NO9P+. The van der Waals surface area contributed by atoms with E-state index in [1.54, 1.807) is 6.26 Å². The Morgan fingerprint density at radius 3 is 1.77 bits per heavy atom. The molecule has 0 aromatic rings. The molecule has 4 atom stereocenters. The van der Waals surface area contributed by atoms with Crippen LogP contribution in [0.2, 0.25) is 0 Å². The van der Waals surface area contributed by atoms with Crippen molar-refractivity contribution >= 4 is 13.8 Å². The number of carbonyl (C=O) groups excluding carboxylic acids is 1. The summed E-state index contributed by atoms with van der Waals surface area (Å²) in [6.45, 7) is 4.44. The van der Waals surface area contributed by atoms with Crippen LogP contribution in [-0.2, 0) is 27.9 Å². The lowest BCUT2D eigenvalue weighted by molar-refractivity contribution is -0.870. The van der Waals surface area contributed by atoms with Crippen LogP contribution >= 0.6 is 7.82 Å². The second-order valence-corrected chi connectivity index (χ2v) is 17.2. The van der Waals surface area contributed by atoms with Crippen LogP contribution in [0.1, 0.15) is 149 Å². The van der Waals surface area contributed by atoms with Gasteiger partial charge in [0, 0.05) is 6.42 Å². The summed E-state index contributed by atoms with van der Waals surface area (Å²) in [5, 5.41) is 20.8. The molecule has 0 saturated carbocycles. The highest BCUT2D eigenvalue weighted by molar-refractivity contribution is 7.47. The van der Waals surface area contributed by atoms with Gasteiger partial charge in [0.25, 0.3) is 0 Å². The molecule has 1 unspecified atom stereocenters. The summed E-state index contributed by atoms with van der Waals surface area (Å²) in [6, 6.07) is 0. The van der Waals surface area contributed by atoms with Gasteiger partial charge in [-0.15, -0.1) is 0 Å². The Bertz CT molecular complexity index is 1170. The number of likely N-dealkylation sites (N-methyl/N-ethyl adjacent to an activating group) is 1. The number of quaternary nitrogens is 1. The van der Waals surface area contributed by atoms with E-state index in [9.17, 15) is 24.5 Å². The van der Waals surface area contributed by atoms with E-state index in [1.165, 1.54) is 57.8 Å². The van der Waals surface area contributed by atoms with E-state index in [4.69, 9.17) is 18.5 Å². The van der Waals surface area contributed by atoms with Gasteiger partial charge in [0.05, 0.1) is 46.2 Å². The highest BCUT2D eigenvalue weighted by Gasteiger charge is 2.26. The predicted molar refractivity (Wildman–Crippen MR) is 236 cm³/mol. The molecule has 0 fully saturated rings. The Hall–Kier alpha value is -2.30. The molecule has 0 aromatic heterocycles. The zero-order valence-electron chi connectivity index (χ0n) is 36.5. The lowest BCUT2D eigenvalue weighted by Crippen LogP contribution is -2.37. The average molecular weight is 825 g/mol. The van der Waals surface area contributed by atoms with Crippen molar-refractivity contribution in [1.82, 2.24) is 0 Å². The molecule has 0 amide bonds. The minimum absolute atomic E-state index is 0.00814. The van der Waals surface area contributed by atoms with E-state index in [-0.39, 0.29) is 32.7 Å². The number of rotatable bonds is 39. The Labute approximate surface area is 348 Å². The SMILES string of the molecule is CC/C=C\C/C=C\C/C=C\C/C=C\C[C@@H](O)[C@H](O)CCCC(=O)O[C@H](CO/C=C/CCCCCC/C=C\CCCCCCCC)COP(=O)(O)OCC[N+](C)(C)C. The molecule has 11 heteroatoms. The summed E-state index contributed by atoms with van der Waals surface area (Å²) >= 11 is 0. The van der Waals surface area contributed by atoms with Crippen molar-refractivity contribution in [1.29, 1.82) is 0 Å². The van der Waals surface area contributed by atoms with Gasteiger partial charge >= 0.3 is 13.8 Å². The van der Waals surface area contributed by atoms with Crippen molar-refractivity contribution in [2.45, 2.75) is 167 Å². The highest BCUT2D eigenvalue weighted by atomic mass is 31.2. The molecule has 0 aliphatic carbocycles. The van der Waals surface area contributed by atoms with Crippen molar-refractivity contribution in [2.75, 3.05) is 47.5 Å². The molecule has 3 N–H and O–H groups in total. The van der Waals surface area contributed by atoms with E-state index < -0.39 is 32.1 Å². The fraction of sp³-hybridized carbons (Fsp3) is 0.717. The number of carbonyl (C=O) groups is 1. The lowest BCUT2D eigenvalue weighted by atomic mass is 10.0. The number of unbranched alkanes of at least 4 members (excludes halogenated alkanes) is 11. The van der Waals surface area contributed by atoms with Crippen LogP contribution in [0, 0.1) is 0 Å². The molecule has 0 radical (unpaired) electrons. The normalized spacial score (nSPS) is 15.5. The molecule has 0 bridgehead atoms. The molecule has 0 spiro atoms. The minimum atomic E-state index is -4.38. The van der Waals surface area contributed by atoms with Gasteiger partial charge in [-0.05, 0) is 89.5 Å². The quantitative estimate of drug-likeness (QED) is 0.0138. The zero-order chi connectivity index (χ0) is 42.3. The van der Waals surface area contributed by atoms with Gasteiger partial charge < -0.3 is 29.1 Å². The van der Waals surface area contributed by atoms with Crippen molar-refractivity contribution < 1.29 is 47.5 Å². The van der Waals surface area contributed by atoms with Gasteiger partial charge in [-0.25, -0.2) is 4.57 Å². The molecule has 0 aliphatic heterocycles. The number of phosphoric acid groups is 1. The third kappa shape index (κ3) is 40.3. The molecule has 10 nitrogen and oxygen atoms in total. The first-order valence-corrected chi connectivity index (χ1v) is 23.4. The Morgan fingerprint density at radius 2 is 1.19 bits per heavy atom. The molecule has 0 aliphatic rings. The number of aliphatic hydroxyl groups is 2. The van der Waals surface area contributed by atoms with Gasteiger partial charge in [-0.2, -0.15) is 0 Å². The lowest BCUT2D eigenvalue weighted by Gasteiger charge is -2.24. The number of aliphatic hydroxyl groups excluding tert-OH is 2. The van der Waals surface area contributed by atoms with Crippen LogP contribution in [0.25, 0.3) is 0 Å². The Morgan fingerprint density at radius 1 is 0.649 bits per heavy atom. The first-order valence-electron chi connectivity index (χ1n) is 21.9. The fourth-order valence-corrected chi connectivity index (χ4v) is 6.22. The summed E-state index contributed by atoms with van der Waals surface area (Å²) in [5.74, 6) is -0.562. The van der Waals surface area contributed by atoms with E-state index in [1.807, 2.05) is 39.4 Å². The maximum absolute atomic E-state index is 12.7. The maximum atomic E-state index is 12.7. The molecular weight excluding hydrogens is 741 g/mol. The number of hydrogen-bond acceptors (Lipinski definition) is 8. The maximum Gasteiger partial charge on any atom is 0.472 e. The van der Waals surface area contributed by atoms with Crippen molar-refractivity contribution in [3.8, 4) is 0 Å². The smallest absolute Gasteiger partial charge is 0.472 e. The molecule has 0 saturated heterocycles. The largest absolute Gasteiger partial charge is 0.498 e. The average Bonchev–Trinajstić information content (AvgIpc) is 3.16. The fourth-order valence-electron chi connectivity index (χ4n) is 5.48. The second-order valence-electron chi connectivity index (χ2n) is 15.7. The number of phosphoric ester groups is 1. The summed E-state index contributed by atoms with van der Waals surface area (Å²) in [7, 11) is 1.44. The van der Waals surface area contributed by atoms with Crippen LogP contribution in [0.4, 0.5) is 0 Å². The minimum Gasteiger partial charge on any atom is -0.498 e. The third-order valence-electron chi connectivity index (χ3n) is 9.02. The van der Waals surface area contributed by atoms with E-state index in [0.29, 0.717) is 23.9 Å². The van der Waals surface area contributed by atoms with Crippen LogP contribution in [0.15, 0.2) is 73.1 Å². The van der Waals surface area contributed by atoms with E-state index in [0.717, 1.165) is 51.4 Å². The Balaban J connectivity index is 4.59. The van der Waals surface area contributed by atoms with Crippen molar-refractivity contribution in [3.05, 3.63) is 73.1 Å². The second kappa shape index (κ2) is 37.9. The molecule has 57 heavy (non-hydrogen) atoms. The monoisotopic (exact) mass is 825 g/mol. The molecule has 330 valence electrons. The van der Waals surface area contributed by atoms with Gasteiger partial charge in [0.2, 0.25) is 0 Å². The predicted octanol–water partition coefficient (Wildman–Crippen LogP) is 11.0. The van der Waals surface area contributed by atoms with Crippen LogP contribution < -0.4 is 0 Å². The summed E-state index contributed by atoms with van der Waals surface area (Å²) < 4.78 is 34.5. The number of hydrogen-bond donors (Lipinski definition) is 3. The van der Waals surface area contributed by atoms with Gasteiger partial charge in [-0.3, -0.25) is 13.8 Å². The standard InChI is InChI=1S/C46H82NO9P/c1-6-8-10-12-14-16-18-20-21-22-23-25-27-29-31-33-39-53-41-43(42-55-57(51,52)54-40-38-47(3,4)5)56-46(50)37-34-36-45(49)44(48)35-32-30-28-26-24-19-17-15-13-11-9-7-2/h9,11,15,17,20-21,24,26,30,32-33,39,43-45,48-49H,6-8,10,12-14,16,18-19,22-23,25,27-29,31,34-38,40-42H2,1-5H3/p+1/b11-9-,17-15-,21-20-,26-24-,32-30-,39-33+/t43-,44-,45-/m1/s1. The third-order valence-corrected chi connectivity index (χ3v) is 10.0. The summed E-state index contributed by atoms with van der Waals surface area (Å²) in [4.78, 5) is 22.9. The topological polar surface area (TPSA) is 132 Å². The number of ether oxygens (including phenoxy) is 2. The number of esters is 1. The first-order chi connectivity index (χ1) is 27.4. The van der Waals surface area contributed by atoms with Crippen LogP contribution in [0.3, 0.4) is 0 Å². The van der Waals surface area contributed by atoms with Crippen LogP contribution in [-0.4, -0.2) is 91.4 Å². The first kappa shape index (κ1) is 54.7. The van der Waals surface area contributed by atoms with E-state index >= 15 is 0 Å². The van der Waals surface area contributed by atoms with Gasteiger partial charge in [0.15, 0.2) is 6.10 Å². The van der Waals surface area contributed by atoms with Crippen molar-refractivity contribution in [2.24, 2.45) is 0 Å². The summed E-state index contributed by atoms with van der Waals surface area (Å²) in [5.41, 5.74) is 0. The van der Waals surface area contributed by atoms with Gasteiger partial charge in [0.1, 0.15) is 19.8 Å². The zero-order valence-corrected chi connectivity index (χ0v) is 37.4. The van der Waals surface area contributed by atoms with Crippen molar-refractivity contribution in [3.63, 3.8) is 0 Å². The van der Waals surface area contributed by atoms with E-state index in [2.05, 4.69) is 62.5 Å². The van der Waals surface area contributed by atoms with Crippen LogP contribution in [0.5, 0.6) is 0 Å². The molecule has 0 aromatic carbocycles.